The van der Waals surface area contributed by atoms with E-state index in [9.17, 15) is 9.59 Å². The summed E-state index contributed by atoms with van der Waals surface area (Å²) >= 11 is 9.20. The predicted octanol–water partition coefficient (Wildman–Crippen LogP) is 3.04. The van der Waals surface area contributed by atoms with Crippen LogP contribution in [-0.4, -0.2) is 35.1 Å². The smallest absolute Gasteiger partial charge is 0.323 e. The minimum Gasteiger partial charge on any atom is -0.480 e. The number of urea groups is 1. The molecule has 0 aliphatic heterocycles. The number of halogens is 2. The molecule has 98 valence electrons. The van der Waals surface area contributed by atoms with E-state index in [0.717, 1.165) is 4.47 Å². The van der Waals surface area contributed by atoms with Gasteiger partial charge in [0.05, 0.1) is 10.7 Å². The van der Waals surface area contributed by atoms with Crippen molar-refractivity contribution in [2.75, 3.05) is 18.4 Å². The van der Waals surface area contributed by atoms with Crippen LogP contribution in [0.15, 0.2) is 22.7 Å². The highest BCUT2D eigenvalue weighted by Crippen LogP contribution is 2.25. The second kappa shape index (κ2) is 6.61. The molecule has 1 aromatic rings. The van der Waals surface area contributed by atoms with Crippen molar-refractivity contribution in [1.82, 2.24) is 4.90 Å². The van der Waals surface area contributed by atoms with Crippen LogP contribution in [-0.2, 0) is 4.79 Å². The molecule has 0 saturated heterocycles. The maximum Gasteiger partial charge on any atom is 0.323 e. The lowest BCUT2D eigenvalue weighted by Gasteiger charge is -2.19. The summed E-state index contributed by atoms with van der Waals surface area (Å²) in [7, 11) is 0. The molecule has 0 fully saturated rings. The van der Waals surface area contributed by atoms with E-state index in [1.165, 1.54) is 4.90 Å². The van der Waals surface area contributed by atoms with E-state index in [2.05, 4.69) is 21.2 Å². The summed E-state index contributed by atoms with van der Waals surface area (Å²) in [6, 6.07) is 4.52. The Morgan fingerprint density at radius 1 is 1.50 bits per heavy atom. The number of carboxylic acid groups (broad SMARTS) is 1. The van der Waals surface area contributed by atoms with Crippen LogP contribution in [0.3, 0.4) is 0 Å². The number of amides is 2. The van der Waals surface area contributed by atoms with Crippen LogP contribution in [0.1, 0.15) is 6.92 Å². The van der Waals surface area contributed by atoms with Gasteiger partial charge in [-0.05, 0) is 25.1 Å². The van der Waals surface area contributed by atoms with Crippen LogP contribution in [0.4, 0.5) is 10.5 Å². The monoisotopic (exact) mass is 334 g/mol. The third kappa shape index (κ3) is 4.19. The van der Waals surface area contributed by atoms with Crippen molar-refractivity contribution < 1.29 is 14.7 Å². The summed E-state index contributed by atoms with van der Waals surface area (Å²) in [6.07, 6.45) is 0. The number of nitrogens with zero attached hydrogens (tertiary/aromatic N) is 1. The van der Waals surface area contributed by atoms with E-state index >= 15 is 0 Å². The minimum absolute atomic E-state index is 0.298. The number of hydrogen-bond donors (Lipinski definition) is 2. The largest absolute Gasteiger partial charge is 0.480 e. The minimum atomic E-state index is -1.06. The van der Waals surface area contributed by atoms with E-state index < -0.39 is 12.0 Å². The van der Waals surface area contributed by atoms with Gasteiger partial charge in [-0.3, -0.25) is 4.79 Å². The average Bonchev–Trinajstić information content (AvgIpc) is 2.29. The van der Waals surface area contributed by atoms with Crippen LogP contribution >= 0.6 is 27.5 Å². The third-order valence-electron chi connectivity index (χ3n) is 2.17. The van der Waals surface area contributed by atoms with Gasteiger partial charge >= 0.3 is 12.0 Å². The lowest BCUT2D eigenvalue weighted by Crippen LogP contribution is -2.38. The molecule has 7 heteroatoms. The van der Waals surface area contributed by atoms with Gasteiger partial charge in [-0.2, -0.15) is 0 Å². The molecule has 1 aromatic carbocycles. The zero-order chi connectivity index (χ0) is 13.7. The Bertz CT molecular complexity index is 468. The van der Waals surface area contributed by atoms with Crippen LogP contribution in [0.2, 0.25) is 5.02 Å². The van der Waals surface area contributed by atoms with Crippen molar-refractivity contribution in [3.8, 4) is 0 Å². The van der Waals surface area contributed by atoms with Gasteiger partial charge in [0.15, 0.2) is 0 Å². The van der Waals surface area contributed by atoms with Gasteiger partial charge in [0.2, 0.25) is 0 Å². The van der Waals surface area contributed by atoms with Gasteiger partial charge in [0.25, 0.3) is 0 Å². The van der Waals surface area contributed by atoms with Gasteiger partial charge in [-0.25, -0.2) is 4.79 Å². The molecule has 0 radical (unpaired) electrons. The summed E-state index contributed by atoms with van der Waals surface area (Å²) in [5.74, 6) is -1.06. The lowest BCUT2D eigenvalue weighted by atomic mass is 10.3. The molecule has 1 rings (SSSR count). The molecule has 2 N–H and O–H groups in total. The number of rotatable bonds is 4. The Morgan fingerprint density at radius 3 is 2.67 bits per heavy atom. The first-order chi connectivity index (χ1) is 8.43. The Labute approximate surface area is 118 Å². The summed E-state index contributed by atoms with van der Waals surface area (Å²) < 4.78 is 0.795. The quantitative estimate of drug-likeness (QED) is 0.888. The first-order valence-corrected chi connectivity index (χ1v) is 6.34. The zero-order valence-electron chi connectivity index (χ0n) is 9.61. The Hall–Kier alpha value is -1.27. The molecule has 0 unspecified atom stereocenters. The average molecular weight is 336 g/mol. The first kappa shape index (κ1) is 14.8. The molecule has 0 spiro atoms. The van der Waals surface area contributed by atoms with E-state index in [4.69, 9.17) is 16.7 Å². The predicted molar refractivity (Wildman–Crippen MR) is 73.1 cm³/mol. The standard InChI is InChI=1S/C11H12BrClN2O3/c1-2-15(6-10(16)17)11(18)14-9-4-3-7(12)5-8(9)13/h3-5H,2,6H2,1H3,(H,14,18)(H,16,17). The molecule has 18 heavy (non-hydrogen) atoms. The highest BCUT2D eigenvalue weighted by atomic mass is 79.9. The first-order valence-electron chi connectivity index (χ1n) is 5.16. The van der Waals surface area contributed by atoms with Crippen molar-refractivity contribution in [2.24, 2.45) is 0 Å². The summed E-state index contributed by atoms with van der Waals surface area (Å²) in [5.41, 5.74) is 0.439. The number of nitrogens with one attached hydrogen (secondary N) is 1. The van der Waals surface area contributed by atoms with Crippen molar-refractivity contribution in [3.05, 3.63) is 27.7 Å². The molecular formula is C11H12BrClN2O3. The summed E-state index contributed by atoms with van der Waals surface area (Å²) in [4.78, 5) is 23.5. The van der Waals surface area contributed by atoms with Gasteiger partial charge in [-0.1, -0.05) is 27.5 Å². The highest BCUT2D eigenvalue weighted by Gasteiger charge is 2.15. The Kier molecular flexibility index (Phi) is 5.43. The molecule has 2 amide bonds. The van der Waals surface area contributed by atoms with Gasteiger partial charge in [0, 0.05) is 11.0 Å². The fourth-order valence-corrected chi connectivity index (χ4v) is 2.00. The van der Waals surface area contributed by atoms with E-state index in [0.29, 0.717) is 17.3 Å². The number of anilines is 1. The number of carbonyl (C=O) groups excluding carboxylic acids is 1. The zero-order valence-corrected chi connectivity index (χ0v) is 12.0. The second-order valence-corrected chi connectivity index (χ2v) is 4.79. The highest BCUT2D eigenvalue weighted by molar-refractivity contribution is 9.10. The molecule has 0 aromatic heterocycles. The van der Waals surface area contributed by atoms with Crippen molar-refractivity contribution in [3.63, 3.8) is 0 Å². The number of carboxylic acids is 1. The molecule has 0 bridgehead atoms. The summed E-state index contributed by atoms with van der Waals surface area (Å²) in [5, 5.41) is 11.6. The maximum absolute atomic E-state index is 11.8. The van der Waals surface area contributed by atoms with E-state index in [1.807, 2.05) is 0 Å². The Morgan fingerprint density at radius 2 is 2.17 bits per heavy atom. The van der Waals surface area contributed by atoms with Crippen LogP contribution < -0.4 is 5.32 Å². The van der Waals surface area contributed by atoms with E-state index in [-0.39, 0.29) is 6.54 Å². The van der Waals surface area contributed by atoms with E-state index in [1.54, 1.807) is 25.1 Å². The lowest BCUT2D eigenvalue weighted by molar-refractivity contribution is -0.137. The van der Waals surface area contributed by atoms with Gasteiger partial charge in [0.1, 0.15) is 6.54 Å². The molecule has 0 saturated carbocycles. The molecule has 0 aliphatic carbocycles. The SMILES string of the molecule is CCN(CC(=O)O)C(=O)Nc1ccc(Br)cc1Cl. The third-order valence-corrected chi connectivity index (χ3v) is 2.97. The molecule has 0 heterocycles. The number of carbonyl (C=O) groups is 2. The van der Waals surface area contributed by atoms with Crippen LogP contribution in [0.25, 0.3) is 0 Å². The number of benzene rings is 1. The number of aliphatic carboxylic acids is 1. The molecule has 0 aliphatic rings. The Balaban J connectivity index is 2.76. The van der Waals surface area contributed by atoms with Gasteiger partial charge in [-0.15, -0.1) is 0 Å². The van der Waals surface area contributed by atoms with Gasteiger partial charge < -0.3 is 15.3 Å². The number of hydrogen-bond acceptors (Lipinski definition) is 2. The maximum atomic E-state index is 11.8. The number of likely N-dealkylation sites (N-methyl/N-ethyl adjacent to an activating group) is 1. The fourth-order valence-electron chi connectivity index (χ4n) is 1.28. The molecular weight excluding hydrogens is 323 g/mol. The van der Waals surface area contributed by atoms with Crippen molar-refractivity contribution in [2.45, 2.75) is 6.92 Å². The normalized spacial score (nSPS) is 9.94. The fraction of sp³-hybridized carbons (Fsp3) is 0.273. The summed E-state index contributed by atoms with van der Waals surface area (Å²) in [6.45, 7) is 1.65. The topological polar surface area (TPSA) is 69.6 Å². The van der Waals surface area contributed by atoms with Crippen LogP contribution in [0, 0.1) is 0 Å². The van der Waals surface area contributed by atoms with Crippen LogP contribution in [0.5, 0.6) is 0 Å². The second-order valence-electron chi connectivity index (χ2n) is 3.46. The van der Waals surface area contributed by atoms with Crippen molar-refractivity contribution in [1.29, 1.82) is 0 Å². The van der Waals surface area contributed by atoms with Crippen molar-refractivity contribution >= 4 is 45.2 Å². The molecule has 0 atom stereocenters. The molecule has 5 nitrogen and oxygen atoms in total.